The zero-order valence-corrected chi connectivity index (χ0v) is 18.4. The second kappa shape index (κ2) is 10.3. The molecular formula is C29H31NO. The topological polar surface area (TPSA) is 20.3 Å². The van der Waals surface area contributed by atoms with E-state index in [0.29, 0.717) is 5.57 Å². The van der Waals surface area contributed by atoms with Crippen LogP contribution in [0.25, 0.3) is 11.6 Å². The van der Waals surface area contributed by atoms with Crippen molar-refractivity contribution in [3.8, 4) is 0 Å². The Morgan fingerprint density at radius 3 is 2.39 bits per heavy atom. The molecule has 2 nitrogen and oxygen atoms in total. The van der Waals surface area contributed by atoms with Crippen molar-refractivity contribution in [3.63, 3.8) is 0 Å². The standard InChI is InChI=1S/C29H31NO/c1-2-3-4-10-19-30-28-14-9-8-13-25(28)16-17-26-20-23(15-18-29(26)30)21-27(22-31)24-11-6-5-7-12-24/h5-9,11-15,18,20-22H,2-4,10,16-17,19H2,1H3. The van der Waals surface area contributed by atoms with Crippen molar-refractivity contribution in [1.82, 2.24) is 0 Å². The molecule has 0 atom stereocenters. The third-order valence-corrected chi connectivity index (χ3v) is 6.13. The number of unbranched alkanes of at least 4 members (excludes halogenated alkanes) is 3. The Balaban J connectivity index is 1.68. The highest BCUT2D eigenvalue weighted by Gasteiger charge is 2.20. The maximum absolute atomic E-state index is 11.7. The van der Waals surface area contributed by atoms with Crippen LogP contribution in [0, 0.1) is 0 Å². The van der Waals surface area contributed by atoms with Gasteiger partial charge < -0.3 is 4.90 Å². The molecule has 0 fully saturated rings. The number of para-hydroxylation sites is 1. The second-order valence-electron chi connectivity index (χ2n) is 8.31. The molecule has 0 aromatic heterocycles. The number of nitrogens with zero attached hydrogens (tertiary/aromatic N) is 1. The first kappa shape index (κ1) is 21.1. The van der Waals surface area contributed by atoms with Crippen molar-refractivity contribution in [3.05, 3.63) is 95.1 Å². The third kappa shape index (κ3) is 4.96. The molecule has 3 aromatic carbocycles. The van der Waals surface area contributed by atoms with Crippen molar-refractivity contribution in [2.45, 2.75) is 45.4 Å². The average Bonchev–Trinajstić information content (AvgIpc) is 2.97. The van der Waals surface area contributed by atoms with E-state index in [0.717, 1.165) is 36.8 Å². The van der Waals surface area contributed by atoms with E-state index < -0.39 is 0 Å². The number of carbonyl (C=O) groups is 1. The molecule has 0 saturated heterocycles. The second-order valence-corrected chi connectivity index (χ2v) is 8.31. The van der Waals surface area contributed by atoms with Gasteiger partial charge in [-0.2, -0.15) is 0 Å². The number of fused-ring (bicyclic) bond motifs is 2. The van der Waals surface area contributed by atoms with Crippen LogP contribution in [-0.2, 0) is 17.6 Å². The Hall–Kier alpha value is -3.13. The number of carbonyl (C=O) groups excluding carboxylic acids is 1. The van der Waals surface area contributed by atoms with E-state index in [2.05, 4.69) is 54.3 Å². The molecule has 0 bridgehead atoms. The van der Waals surface area contributed by atoms with E-state index >= 15 is 0 Å². The molecule has 1 heterocycles. The van der Waals surface area contributed by atoms with Crippen molar-refractivity contribution >= 4 is 29.3 Å². The summed E-state index contributed by atoms with van der Waals surface area (Å²) >= 11 is 0. The van der Waals surface area contributed by atoms with E-state index in [1.807, 2.05) is 36.4 Å². The van der Waals surface area contributed by atoms with Gasteiger partial charge in [0.05, 0.1) is 0 Å². The van der Waals surface area contributed by atoms with E-state index in [1.165, 1.54) is 48.2 Å². The van der Waals surface area contributed by atoms with Crippen molar-refractivity contribution < 1.29 is 4.79 Å². The van der Waals surface area contributed by atoms with Crippen LogP contribution >= 0.6 is 0 Å². The molecule has 0 aliphatic carbocycles. The highest BCUT2D eigenvalue weighted by atomic mass is 16.1. The largest absolute Gasteiger partial charge is 0.341 e. The SMILES string of the molecule is CCCCCCN1c2ccccc2CCc2cc(C=C(C=O)c3ccccc3)ccc21. The van der Waals surface area contributed by atoms with Gasteiger partial charge in [-0.25, -0.2) is 0 Å². The Bertz CT molecular complexity index is 1050. The van der Waals surface area contributed by atoms with Gasteiger partial charge in [-0.3, -0.25) is 4.79 Å². The highest BCUT2D eigenvalue weighted by molar-refractivity contribution is 6.13. The van der Waals surface area contributed by atoms with Crippen molar-refractivity contribution in [2.24, 2.45) is 0 Å². The monoisotopic (exact) mass is 409 g/mol. The lowest BCUT2D eigenvalue weighted by atomic mass is 9.99. The first-order chi connectivity index (χ1) is 15.3. The third-order valence-electron chi connectivity index (χ3n) is 6.13. The smallest absolute Gasteiger partial charge is 0.150 e. The van der Waals surface area contributed by atoms with Crippen LogP contribution in [0.5, 0.6) is 0 Å². The summed E-state index contributed by atoms with van der Waals surface area (Å²) in [6.45, 7) is 3.30. The first-order valence-electron chi connectivity index (χ1n) is 11.5. The normalized spacial score (nSPS) is 13.3. The molecule has 4 rings (SSSR count). The summed E-state index contributed by atoms with van der Waals surface area (Å²) in [7, 11) is 0. The number of anilines is 2. The lowest BCUT2D eigenvalue weighted by Crippen LogP contribution is -2.19. The van der Waals surface area contributed by atoms with Gasteiger partial charge in [0.2, 0.25) is 0 Å². The Labute approximate surface area is 186 Å². The minimum atomic E-state index is 0.717. The fraction of sp³-hybridized carbons (Fsp3) is 0.276. The molecule has 0 N–H and O–H groups in total. The summed E-state index contributed by atoms with van der Waals surface area (Å²) < 4.78 is 0. The average molecular weight is 410 g/mol. The highest BCUT2D eigenvalue weighted by Crippen LogP contribution is 2.37. The van der Waals surface area contributed by atoms with Crippen molar-refractivity contribution in [2.75, 3.05) is 11.4 Å². The van der Waals surface area contributed by atoms with Gasteiger partial charge in [-0.05, 0) is 65.8 Å². The van der Waals surface area contributed by atoms with E-state index in [9.17, 15) is 4.79 Å². The Morgan fingerprint density at radius 1 is 0.839 bits per heavy atom. The van der Waals surface area contributed by atoms with Gasteiger partial charge in [0.25, 0.3) is 0 Å². The van der Waals surface area contributed by atoms with Gasteiger partial charge in [0.15, 0.2) is 6.29 Å². The van der Waals surface area contributed by atoms with Crippen LogP contribution in [0.15, 0.2) is 72.8 Å². The molecule has 3 aromatic rings. The number of hydrogen-bond donors (Lipinski definition) is 0. The molecular weight excluding hydrogens is 378 g/mol. The van der Waals surface area contributed by atoms with Crippen molar-refractivity contribution in [1.29, 1.82) is 0 Å². The van der Waals surface area contributed by atoms with Gasteiger partial charge in [0, 0.05) is 23.5 Å². The van der Waals surface area contributed by atoms with E-state index in [4.69, 9.17) is 0 Å². The predicted molar refractivity (Wildman–Crippen MR) is 132 cm³/mol. The maximum atomic E-state index is 11.7. The zero-order valence-electron chi connectivity index (χ0n) is 18.4. The molecule has 1 aliphatic rings. The lowest BCUT2D eigenvalue weighted by molar-refractivity contribution is -0.103. The van der Waals surface area contributed by atoms with Gasteiger partial charge in [-0.1, -0.05) is 80.8 Å². The van der Waals surface area contributed by atoms with Gasteiger partial charge in [-0.15, -0.1) is 0 Å². The predicted octanol–water partition coefficient (Wildman–Crippen LogP) is 7.24. The van der Waals surface area contributed by atoms with Crippen LogP contribution in [0.4, 0.5) is 11.4 Å². The van der Waals surface area contributed by atoms with Gasteiger partial charge >= 0.3 is 0 Å². The Kier molecular flexibility index (Phi) is 6.99. The molecule has 0 saturated carbocycles. The lowest BCUT2D eigenvalue weighted by Gasteiger charge is -2.27. The van der Waals surface area contributed by atoms with E-state index in [1.54, 1.807) is 0 Å². The zero-order chi connectivity index (χ0) is 21.5. The summed E-state index contributed by atoms with van der Waals surface area (Å²) in [4.78, 5) is 14.3. The van der Waals surface area contributed by atoms with E-state index in [-0.39, 0.29) is 0 Å². The number of rotatable bonds is 8. The minimum absolute atomic E-state index is 0.717. The molecule has 158 valence electrons. The van der Waals surface area contributed by atoms with Gasteiger partial charge in [0.1, 0.15) is 0 Å². The number of benzene rings is 3. The summed E-state index contributed by atoms with van der Waals surface area (Å²) in [6, 6.07) is 25.4. The van der Waals surface area contributed by atoms with Crippen LogP contribution < -0.4 is 4.90 Å². The Morgan fingerprint density at radius 2 is 1.58 bits per heavy atom. The summed E-state index contributed by atoms with van der Waals surface area (Å²) in [6.07, 6.45) is 10.0. The molecule has 31 heavy (non-hydrogen) atoms. The maximum Gasteiger partial charge on any atom is 0.150 e. The number of aldehydes is 1. The molecule has 0 unspecified atom stereocenters. The number of hydrogen-bond acceptors (Lipinski definition) is 2. The number of aryl methyl sites for hydroxylation is 2. The summed E-state index contributed by atoms with van der Waals surface area (Å²) in [5.41, 5.74) is 8.20. The van der Waals surface area contributed by atoms with Crippen LogP contribution in [-0.4, -0.2) is 12.8 Å². The van der Waals surface area contributed by atoms with Crippen LogP contribution in [0.2, 0.25) is 0 Å². The fourth-order valence-corrected chi connectivity index (χ4v) is 4.48. The molecule has 1 aliphatic heterocycles. The fourth-order valence-electron chi connectivity index (χ4n) is 4.48. The summed E-state index contributed by atoms with van der Waals surface area (Å²) in [5, 5.41) is 0. The molecule has 0 radical (unpaired) electrons. The minimum Gasteiger partial charge on any atom is -0.341 e. The molecule has 0 spiro atoms. The summed E-state index contributed by atoms with van der Waals surface area (Å²) in [5.74, 6) is 0. The molecule has 0 amide bonds. The number of allylic oxidation sites excluding steroid dienone is 1. The first-order valence-corrected chi connectivity index (χ1v) is 11.5. The van der Waals surface area contributed by atoms with Crippen LogP contribution in [0.3, 0.4) is 0 Å². The molecule has 2 heteroatoms. The van der Waals surface area contributed by atoms with Crippen LogP contribution in [0.1, 0.15) is 54.9 Å². The quantitative estimate of drug-likeness (QED) is 0.169.